The van der Waals surface area contributed by atoms with Crippen LogP contribution in [0.4, 0.5) is 11.4 Å². The number of amides is 1. The molecule has 0 atom stereocenters. The van der Waals surface area contributed by atoms with Crippen LogP contribution in [0.15, 0.2) is 53.4 Å². The van der Waals surface area contributed by atoms with Crippen molar-refractivity contribution in [3.8, 4) is 0 Å². The van der Waals surface area contributed by atoms with Crippen LogP contribution in [0.25, 0.3) is 0 Å². The van der Waals surface area contributed by atoms with Crippen LogP contribution < -0.4 is 39.6 Å². The van der Waals surface area contributed by atoms with E-state index in [0.717, 1.165) is 18.4 Å². The standard InChI is InChI=1S/C14H14N2O6S2.Na/c1-23(18,19)16-12-6-3-5-11(9-12)15-14(17)10-4-2-7-13(8-10)24(20,21)22;/h2-9,16H,1H3,(H,15,17)(H,20,21,22);/q;+1/p-1. The second kappa shape index (κ2) is 8.30. The predicted octanol–water partition coefficient (Wildman–Crippen LogP) is -1.78. The van der Waals surface area contributed by atoms with Crippen molar-refractivity contribution in [1.29, 1.82) is 0 Å². The molecule has 11 heteroatoms. The molecule has 0 heterocycles. The van der Waals surface area contributed by atoms with Crippen molar-refractivity contribution in [2.45, 2.75) is 4.90 Å². The molecule has 0 aliphatic rings. The van der Waals surface area contributed by atoms with E-state index in [4.69, 9.17) is 0 Å². The van der Waals surface area contributed by atoms with Crippen LogP contribution in [-0.4, -0.2) is 33.6 Å². The van der Waals surface area contributed by atoms with Gasteiger partial charge in [0.05, 0.1) is 16.8 Å². The topological polar surface area (TPSA) is 132 Å². The fourth-order valence-electron chi connectivity index (χ4n) is 1.87. The molecule has 2 N–H and O–H groups in total. The van der Waals surface area contributed by atoms with Crippen LogP contribution in [-0.2, 0) is 20.1 Å². The summed E-state index contributed by atoms with van der Waals surface area (Å²) in [5.74, 6) is -0.642. The van der Waals surface area contributed by atoms with E-state index in [1.807, 2.05) is 0 Å². The molecule has 2 aromatic rings. The Morgan fingerprint density at radius 1 is 0.960 bits per heavy atom. The Morgan fingerprint density at radius 2 is 1.56 bits per heavy atom. The SMILES string of the molecule is CS(=O)(=O)Nc1cccc(NC(=O)c2cccc(S(=O)(=O)[O-])c2)c1.[Na+]. The van der Waals surface area contributed by atoms with Gasteiger partial charge in [-0.2, -0.15) is 0 Å². The minimum absolute atomic E-state index is 0. The Hall–Kier alpha value is -1.43. The molecule has 0 aliphatic carbocycles. The van der Waals surface area contributed by atoms with Crippen LogP contribution in [0.2, 0.25) is 0 Å². The first kappa shape index (κ1) is 21.6. The minimum atomic E-state index is -4.67. The molecule has 0 fully saturated rings. The Morgan fingerprint density at radius 3 is 2.16 bits per heavy atom. The summed E-state index contributed by atoms with van der Waals surface area (Å²) in [6, 6.07) is 10.6. The van der Waals surface area contributed by atoms with Crippen LogP contribution in [0.3, 0.4) is 0 Å². The Balaban J connectivity index is 0.00000312. The molecule has 0 bridgehead atoms. The smallest absolute Gasteiger partial charge is 0.744 e. The summed E-state index contributed by atoms with van der Waals surface area (Å²) in [6.45, 7) is 0. The van der Waals surface area contributed by atoms with Gasteiger partial charge in [-0.25, -0.2) is 16.8 Å². The summed E-state index contributed by atoms with van der Waals surface area (Å²) >= 11 is 0. The first-order valence-electron chi connectivity index (χ1n) is 6.50. The monoisotopic (exact) mass is 392 g/mol. The van der Waals surface area contributed by atoms with E-state index in [1.165, 1.54) is 36.4 Å². The number of carbonyl (C=O) groups excluding carboxylic acids is 1. The number of rotatable bonds is 5. The van der Waals surface area contributed by atoms with E-state index < -0.39 is 30.9 Å². The minimum Gasteiger partial charge on any atom is -0.744 e. The summed E-state index contributed by atoms with van der Waals surface area (Å²) in [6.07, 6.45) is 0.993. The number of anilines is 2. The van der Waals surface area contributed by atoms with Gasteiger partial charge in [0.15, 0.2) is 0 Å². The number of benzene rings is 2. The van der Waals surface area contributed by atoms with Gasteiger partial charge in [-0.15, -0.1) is 0 Å². The van der Waals surface area contributed by atoms with E-state index in [2.05, 4.69) is 10.0 Å². The molecule has 0 aliphatic heterocycles. The van der Waals surface area contributed by atoms with E-state index in [0.29, 0.717) is 5.69 Å². The van der Waals surface area contributed by atoms with Crippen molar-refractivity contribution in [3.63, 3.8) is 0 Å². The molecule has 2 aromatic carbocycles. The van der Waals surface area contributed by atoms with E-state index in [9.17, 15) is 26.2 Å². The van der Waals surface area contributed by atoms with Gasteiger partial charge in [0.1, 0.15) is 10.1 Å². The van der Waals surface area contributed by atoms with E-state index in [1.54, 1.807) is 0 Å². The molecule has 0 radical (unpaired) electrons. The van der Waals surface area contributed by atoms with Gasteiger partial charge in [-0.1, -0.05) is 12.1 Å². The van der Waals surface area contributed by atoms with Crippen molar-refractivity contribution >= 4 is 37.4 Å². The summed E-state index contributed by atoms with van der Waals surface area (Å²) in [5, 5.41) is 2.49. The molecule has 1 amide bonds. The van der Waals surface area contributed by atoms with Gasteiger partial charge < -0.3 is 9.87 Å². The zero-order valence-corrected chi connectivity index (χ0v) is 17.0. The van der Waals surface area contributed by atoms with Crippen LogP contribution >= 0.6 is 0 Å². The second-order valence-electron chi connectivity index (χ2n) is 4.89. The molecule has 25 heavy (non-hydrogen) atoms. The van der Waals surface area contributed by atoms with Crippen molar-refractivity contribution in [3.05, 3.63) is 54.1 Å². The maximum absolute atomic E-state index is 12.1. The molecule has 2 rings (SSSR count). The second-order valence-corrected chi connectivity index (χ2v) is 8.02. The Labute approximate surface area is 167 Å². The number of nitrogens with one attached hydrogen (secondary N) is 2. The predicted molar refractivity (Wildman–Crippen MR) is 87.3 cm³/mol. The van der Waals surface area contributed by atoms with Crippen LogP contribution in [0.5, 0.6) is 0 Å². The summed E-state index contributed by atoms with van der Waals surface area (Å²) in [7, 11) is -8.13. The fraction of sp³-hybridized carbons (Fsp3) is 0.0714. The number of carbonyl (C=O) groups is 1. The maximum atomic E-state index is 12.1. The van der Waals surface area contributed by atoms with Gasteiger partial charge in [0.2, 0.25) is 10.0 Å². The summed E-state index contributed by atoms with van der Waals surface area (Å²) < 4.78 is 57.6. The first-order chi connectivity index (χ1) is 11.0. The van der Waals surface area contributed by atoms with Gasteiger partial charge >= 0.3 is 29.6 Å². The van der Waals surface area contributed by atoms with Gasteiger partial charge in [-0.05, 0) is 36.4 Å². The molecule has 0 saturated heterocycles. The third-order valence-electron chi connectivity index (χ3n) is 2.81. The molecular weight excluding hydrogens is 379 g/mol. The Bertz CT molecular complexity index is 990. The van der Waals surface area contributed by atoms with Crippen molar-refractivity contribution in [1.82, 2.24) is 0 Å². The molecule has 8 nitrogen and oxygen atoms in total. The van der Waals surface area contributed by atoms with Crippen molar-refractivity contribution in [2.75, 3.05) is 16.3 Å². The summed E-state index contributed by atoms with van der Waals surface area (Å²) in [5.41, 5.74) is 0.531. The van der Waals surface area contributed by atoms with Crippen molar-refractivity contribution < 1.29 is 55.7 Å². The van der Waals surface area contributed by atoms with Gasteiger partial charge in [0.25, 0.3) is 5.91 Å². The number of sulfonamides is 1. The van der Waals surface area contributed by atoms with Crippen LogP contribution in [0, 0.1) is 0 Å². The zero-order chi connectivity index (χ0) is 18.0. The molecule has 128 valence electrons. The normalized spacial score (nSPS) is 11.3. The summed E-state index contributed by atoms with van der Waals surface area (Å²) in [4.78, 5) is 11.6. The first-order valence-corrected chi connectivity index (χ1v) is 9.80. The molecular formula is C14H13N2NaO6S2. The third-order valence-corrected chi connectivity index (χ3v) is 4.25. The van der Waals surface area contributed by atoms with E-state index in [-0.39, 0.29) is 40.8 Å². The third kappa shape index (κ3) is 6.77. The average molecular weight is 392 g/mol. The quantitative estimate of drug-likeness (QED) is 0.457. The zero-order valence-electron chi connectivity index (χ0n) is 13.4. The number of hydrogen-bond acceptors (Lipinski definition) is 6. The largest absolute Gasteiger partial charge is 1.00 e. The maximum Gasteiger partial charge on any atom is 1.00 e. The molecule has 0 aromatic heterocycles. The Kier molecular flexibility index (Phi) is 7.18. The van der Waals surface area contributed by atoms with Gasteiger partial charge in [-0.3, -0.25) is 9.52 Å². The number of hydrogen-bond donors (Lipinski definition) is 2. The fourth-order valence-corrected chi connectivity index (χ4v) is 2.94. The van der Waals surface area contributed by atoms with Crippen molar-refractivity contribution in [2.24, 2.45) is 0 Å². The molecule has 0 saturated carbocycles. The van der Waals surface area contributed by atoms with E-state index >= 15 is 0 Å². The molecule has 0 spiro atoms. The average Bonchev–Trinajstić information content (AvgIpc) is 2.45. The molecule has 0 unspecified atom stereocenters. The van der Waals surface area contributed by atoms with Gasteiger partial charge in [0, 0.05) is 11.3 Å². The van der Waals surface area contributed by atoms with Crippen LogP contribution in [0.1, 0.15) is 10.4 Å².